The van der Waals surface area contributed by atoms with E-state index >= 15 is 0 Å². The molecule has 0 spiro atoms. The van der Waals surface area contributed by atoms with Crippen molar-refractivity contribution in [3.63, 3.8) is 0 Å². The third-order valence-corrected chi connectivity index (χ3v) is 3.32. The second kappa shape index (κ2) is 9.03. The van der Waals surface area contributed by atoms with Crippen LogP contribution in [0.5, 0.6) is 17.2 Å². The van der Waals surface area contributed by atoms with Crippen LogP contribution < -0.4 is 24.8 Å². The first-order valence-corrected chi connectivity index (χ1v) is 7.52. The van der Waals surface area contributed by atoms with Gasteiger partial charge in [-0.15, -0.1) is 0 Å². The Morgan fingerprint density at radius 1 is 1.12 bits per heavy atom. The maximum Gasteiger partial charge on any atom is 0.319 e. The zero-order valence-corrected chi connectivity index (χ0v) is 14.0. The molecule has 0 aliphatic carbocycles. The minimum absolute atomic E-state index is 0.0503. The third-order valence-electron chi connectivity index (χ3n) is 3.32. The fourth-order valence-electron chi connectivity index (χ4n) is 2.15. The minimum atomic E-state index is -0.373. The van der Waals surface area contributed by atoms with Gasteiger partial charge in [-0.25, -0.2) is 4.79 Å². The van der Waals surface area contributed by atoms with Gasteiger partial charge >= 0.3 is 6.03 Å². The Morgan fingerprint density at radius 2 is 1.96 bits per heavy atom. The molecule has 7 nitrogen and oxygen atoms in total. The number of nitrogens with one attached hydrogen (secondary N) is 2. The van der Waals surface area contributed by atoms with Gasteiger partial charge in [0.2, 0.25) is 0 Å². The Bertz CT molecular complexity index is 771. The van der Waals surface area contributed by atoms with Crippen LogP contribution in [-0.4, -0.2) is 26.9 Å². The molecule has 0 saturated carbocycles. The van der Waals surface area contributed by atoms with Crippen molar-refractivity contribution in [2.75, 3.05) is 26.1 Å². The SMILES string of the molecule is COc1ccc(OC)c(CNC(=O)Nc2cccc(OCC#N)c2)c1. The van der Waals surface area contributed by atoms with Gasteiger partial charge in [0.25, 0.3) is 0 Å². The number of hydrogen-bond donors (Lipinski definition) is 2. The molecule has 0 saturated heterocycles. The number of rotatable bonds is 7. The average Bonchev–Trinajstić information content (AvgIpc) is 2.64. The van der Waals surface area contributed by atoms with Crippen LogP contribution in [0.1, 0.15) is 5.56 Å². The lowest BCUT2D eigenvalue weighted by atomic mass is 10.2. The Hall–Kier alpha value is -3.40. The first kappa shape index (κ1) is 17.9. The zero-order valence-electron chi connectivity index (χ0n) is 14.0. The Labute approximate surface area is 146 Å². The highest BCUT2D eigenvalue weighted by atomic mass is 16.5. The second-order valence-electron chi connectivity index (χ2n) is 4.96. The molecule has 2 N–H and O–H groups in total. The summed E-state index contributed by atoms with van der Waals surface area (Å²) in [7, 11) is 3.14. The third kappa shape index (κ3) is 5.32. The molecule has 0 aliphatic heterocycles. The highest BCUT2D eigenvalue weighted by Crippen LogP contribution is 2.23. The average molecular weight is 341 g/mol. The van der Waals surface area contributed by atoms with E-state index in [1.807, 2.05) is 6.07 Å². The van der Waals surface area contributed by atoms with Crippen molar-refractivity contribution in [2.24, 2.45) is 0 Å². The van der Waals surface area contributed by atoms with Gasteiger partial charge in [-0.1, -0.05) is 6.07 Å². The van der Waals surface area contributed by atoms with Gasteiger partial charge in [-0.05, 0) is 30.3 Å². The van der Waals surface area contributed by atoms with Crippen LogP contribution in [0.15, 0.2) is 42.5 Å². The molecule has 2 amide bonds. The molecule has 2 rings (SSSR count). The minimum Gasteiger partial charge on any atom is -0.497 e. The number of nitrogens with zero attached hydrogens (tertiary/aromatic N) is 1. The summed E-state index contributed by atoms with van der Waals surface area (Å²) >= 11 is 0. The maximum absolute atomic E-state index is 12.1. The van der Waals surface area contributed by atoms with Gasteiger partial charge in [0, 0.05) is 23.9 Å². The number of anilines is 1. The van der Waals surface area contributed by atoms with E-state index in [9.17, 15) is 4.79 Å². The van der Waals surface area contributed by atoms with Gasteiger partial charge in [0.1, 0.15) is 23.3 Å². The summed E-state index contributed by atoms with van der Waals surface area (Å²) < 4.78 is 15.7. The molecule has 0 bridgehead atoms. The van der Waals surface area contributed by atoms with E-state index in [1.54, 1.807) is 56.7 Å². The van der Waals surface area contributed by atoms with E-state index in [0.717, 1.165) is 5.56 Å². The molecule has 0 aromatic heterocycles. The van der Waals surface area contributed by atoms with Crippen LogP contribution >= 0.6 is 0 Å². The van der Waals surface area contributed by atoms with E-state index in [1.165, 1.54) is 0 Å². The summed E-state index contributed by atoms with van der Waals surface area (Å²) in [6, 6.07) is 13.7. The molecule has 2 aromatic carbocycles. The molecule has 0 radical (unpaired) electrons. The maximum atomic E-state index is 12.1. The topological polar surface area (TPSA) is 92.6 Å². The summed E-state index contributed by atoms with van der Waals surface area (Å²) in [5.74, 6) is 1.85. The van der Waals surface area contributed by atoms with Gasteiger partial charge in [0.05, 0.1) is 14.2 Å². The normalized spacial score (nSPS) is 9.64. The lowest BCUT2D eigenvalue weighted by Crippen LogP contribution is -2.28. The molecular formula is C18H19N3O4. The number of amides is 2. The predicted molar refractivity (Wildman–Crippen MR) is 93.0 cm³/mol. The van der Waals surface area contributed by atoms with Crippen molar-refractivity contribution in [3.8, 4) is 23.3 Å². The summed E-state index contributed by atoms with van der Waals surface area (Å²) in [6.45, 7) is 0.224. The largest absolute Gasteiger partial charge is 0.497 e. The van der Waals surface area contributed by atoms with Crippen molar-refractivity contribution in [3.05, 3.63) is 48.0 Å². The van der Waals surface area contributed by atoms with Crippen LogP contribution in [0.2, 0.25) is 0 Å². The number of carbonyl (C=O) groups is 1. The highest BCUT2D eigenvalue weighted by molar-refractivity contribution is 5.89. The molecule has 7 heteroatoms. The number of ether oxygens (including phenoxy) is 3. The molecule has 2 aromatic rings. The molecule has 130 valence electrons. The molecule has 25 heavy (non-hydrogen) atoms. The highest BCUT2D eigenvalue weighted by Gasteiger charge is 2.08. The molecule has 0 heterocycles. The van der Waals surface area contributed by atoms with Crippen LogP contribution in [0.25, 0.3) is 0 Å². The monoisotopic (exact) mass is 341 g/mol. The predicted octanol–water partition coefficient (Wildman–Crippen LogP) is 2.93. The van der Waals surface area contributed by atoms with Crippen LogP contribution in [0, 0.1) is 11.3 Å². The van der Waals surface area contributed by atoms with Crippen molar-refractivity contribution >= 4 is 11.7 Å². The van der Waals surface area contributed by atoms with Gasteiger partial charge in [-0.2, -0.15) is 5.26 Å². The lowest BCUT2D eigenvalue weighted by Gasteiger charge is -2.12. The summed E-state index contributed by atoms with van der Waals surface area (Å²) in [5, 5.41) is 14.0. The van der Waals surface area contributed by atoms with Crippen molar-refractivity contribution in [2.45, 2.75) is 6.54 Å². The number of hydrogen-bond acceptors (Lipinski definition) is 5. The standard InChI is InChI=1S/C18H19N3O4/c1-23-15-6-7-17(24-2)13(10-15)12-20-18(22)21-14-4-3-5-16(11-14)25-9-8-19/h3-7,10-11H,9,12H2,1-2H3,(H2,20,21,22). The molecular weight excluding hydrogens is 322 g/mol. The van der Waals surface area contributed by atoms with E-state index in [2.05, 4.69) is 10.6 Å². The number of benzene rings is 2. The summed E-state index contributed by atoms with van der Waals surface area (Å²) in [5.41, 5.74) is 1.36. The van der Waals surface area contributed by atoms with Gasteiger partial charge in [0.15, 0.2) is 6.61 Å². The Balaban J connectivity index is 1.96. The van der Waals surface area contributed by atoms with E-state index in [-0.39, 0.29) is 19.2 Å². The Kier molecular flexibility index (Phi) is 6.48. The number of nitriles is 1. The first-order chi connectivity index (χ1) is 12.2. The van der Waals surface area contributed by atoms with Crippen LogP contribution in [0.4, 0.5) is 10.5 Å². The van der Waals surface area contributed by atoms with Crippen LogP contribution in [-0.2, 0) is 6.54 Å². The smallest absolute Gasteiger partial charge is 0.319 e. The molecule has 0 aliphatic rings. The molecule has 0 unspecified atom stereocenters. The van der Waals surface area contributed by atoms with Crippen LogP contribution in [0.3, 0.4) is 0 Å². The number of urea groups is 1. The van der Waals surface area contributed by atoms with Crippen molar-refractivity contribution in [1.82, 2.24) is 5.32 Å². The quantitative estimate of drug-likeness (QED) is 0.808. The molecule has 0 atom stereocenters. The number of carbonyl (C=O) groups excluding carboxylic acids is 1. The summed E-state index contributed by atoms with van der Waals surface area (Å²) in [6.07, 6.45) is 0. The van der Waals surface area contributed by atoms with E-state index in [0.29, 0.717) is 22.9 Å². The van der Waals surface area contributed by atoms with Gasteiger partial charge in [-0.3, -0.25) is 0 Å². The van der Waals surface area contributed by atoms with Gasteiger partial charge < -0.3 is 24.8 Å². The second-order valence-corrected chi connectivity index (χ2v) is 4.96. The van der Waals surface area contributed by atoms with Crippen molar-refractivity contribution in [1.29, 1.82) is 5.26 Å². The zero-order chi connectivity index (χ0) is 18.1. The van der Waals surface area contributed by atoms with E-state index in [4.69, 9.17) is 19.5 Å². The first-order valence-electron chi connectivity index (χ1n) is 7.52. The van der Waals surface area contributed by atoms with Crippen molar-refractivity contribution < 1.29 is 19.0 Å². The lowest BCUT2D eigenvalue weighted by molar-refractivity contribution is 0.251. The fourth-order valence-corrected chi connectivity index (χ4v) is 2.15. The van der Waals surface area contributed by atoms with E-state index < -0.39 is 0 Å². The fraction of sp³-hybridized carbons (Fsp3) is 0.222. The summed E-state index contributed by atoms with van der Waals surface area (Å²) in [4.78, 5) is 12.1. The molecule has 0 fully saturated rings. The number of methoxy groups -OCH3 is 2. The Morgan fingerprint density at radius 3 is 2.68 bits per heavy atom.